The number of rotatable bonds is 5. The molecule has 0 saturated carbocycles. The zero-order valence-electron chi connectivity index (χ0n) is 8.77. The van der Waals surface area contributed by atoms with Crippen LogP contribution in [0, 0.1) is 0 Å². The first-order valence-corrected chi connectivity index (χ1v) is 5.21. The van der Waals surface area contributed by atoms with Crippen molar-refractivity contribution in [2.45, 2.75) is 38.2 Å². The van der Waals surface area contributed by atoms with E-state index in [1.54, 1.807) is 0 Å². The molecule has 1 atom stereocenters. The van der Waals surface area contributed by atoms with Gasteiger partial charge in [-0.1, -0.05) is 13.3 Å². The third kappa shape index (κ3) is 6.60. The number of alkyl halides is 4. The number of hydrogen-bond donors (Lipinski definition) is 0. The predicted molar refractivity (Wildman–Crippen MR) is 52.9 cm³/mol. The van der Waals surface area contributed by atoms with Crippen LogP contribution in [0.3, 0.4) is 0 Å². The largest absolute Gasteiger partial charge is 0.406 e. The van der Waals surface area contributed by atoms with Crippen LogP contribution in [-0.4, -0.2) is 35.4 Å². The third-order valence-corrected chi connectivity index (χ3v) is 1.99. The summed E-state index contributed by atoms with van der Waals surface area (Å²) in [5, 5.41) is -0.913. The van der Waals surface area contributed by atoms with Crippen LogP contribution in [0.25, 0.3) is 0 Å². The first-order valence-electron chi connectivity index (χ1n) is 4.77. The Labute approximate surface area is 92.4 Å². The molecular formula is C9H15ClF3NO. The van der Waals surface area contributed by atoms with Gasteiger partial charge in [0.15, 0.2) is 0 Å². The standard InChI is InChI=1S/C9H15ClF3NO/c1-3-4-5-14(6-9(11,12)13)8(15)7(2)10/h7H,3-6H2,1-2H3. The fourth-order valence-corrected chi connectivity index (χ4v) is 1.22. The normalized spacial score (nSPS) is 13.7. The van der Waals surface area contributed by atoms with E-state index in [4.69, 9.17) is 11.6 Å². The Bertz CT molecular complexity index is 206. The second-order valence-corrected chi connectivity index (χ2v) is 4.00. The minimum atomic E-state index is -4.37. The van der Waals surface area contributed by atoms with Gasteiger partial charge in [0.1, 0.15) is 11.9 Å². The van der Waals surface area contributed by atoms with Crippen LogP contribution >= 0.6 is 11.6 Å². The van der Waals surface area contributed by atoms with Gasteiger partial charge in [-0.3, -0.25) is 4.79 Å². The Kier molecular flexibility index (Phi) is 6.02. The molecule has 15 heavy (non-hydrogen) atoms. The lowest BCUT2D eigenvalue weighted by Gasteiger charge is -2.24. The average molecular weight is 246 g/mol. The molecule has 0 bridgehead atoms. The maximum atomic E-state index is 12.1. The van der Waals surface area contributed by atoms with Crippen molar-refractivity contribution in [2.75, 3.05) is 13.1 Å². The Morgan fingerprint density at radius 3 is 2.33 bits per heavy atom. The van der Waals surface area contributed by atoms with E-state index in [0.29, 0.717) is 6.42 Å². The van der Waals surface area contributed by atoms with E-state index >= 15 is 0 Å². The van der Waals surface area contributed by atoms with Gasteiger partial charge in [-0.2, -0.15) is 13.2 Å². The van der Waals surface area contributed by atoms with E-state index in [0.717, 1.165) is 11.3 Å². The Morgan fingerprint density at radius 1 is 1.47 bits per heavy atom. The van der Waals surface area contributed by atoms with E-state index in [1.807, 2.05) is 6.92 Å². The molecule has 0 aliphatic carbocycles. The summed E-state index contributed by atoms with van der Waals surface area (Å²) in [5.74, 6) is -0.664. The van der Waals surface area contributed by atoms with E-state index in [9.17, 15) is 18.0 Å². The summed E-state index contributed by atoms with van der Waals surface area (Å²) in [5.41, 5.74) is 0. The molecule has 0 rings (SSSR count). The number of carbonyl (C=O) groups is 1. The summed E-state index contributed by atoms with van der Waals surface area (Å²) in [6, 6.07) is 0. The van der Waals surface area contributed by atoms with Crippen molar-refractivity contribution >= 4 is 17.5 Å². The number of amides is 1. The lowest BCUT2D eigenvalue weighted by Crippen LogP contribution is -2.42. The molecule has 0 fully saturated rings. The minimum absolute atomic E-state index is 0.103. The topological polar surface area (TPSA) is 20.3 Å². The number of hydrogen-bond acceptors (Lipinski definition) is 1. The van der Waals surface area contributed by atoms with Crippen LogP contribution < -0.4 is 0 Å². The number of halogens is 4. The molecule has 0 spiro atoms. The van der Waals surface area contributed by atoms with Crippen LogP contribution in [0.15, 0.2) is 0 Å². The van der Waals surface area contributed by atoms with Crippen LogP contribution in [0.5, 0.6) is 0 Å². The zero-order valence-corrected chi connectivity index (χ0v) is 9.53. The highest BCUT2D eigenvalue weighted by atomic mass is 35.5. The van der Waals surface area contributed by atoms with Crippen molar-refractivity contribution < 1.29 is 18.0 Å². The smallest absolute Gasteiger partial charge is 0.332 e. The molecule has 0 heterocycles. The van der Waals surface area contributed by atoms with Gasteiger partial charge >= 0.3 is 6.18 Å². The molecule has 1 amide bonds. The van der Waals surface area contributed by atoms with Gasteiger partial charge in [-0.25, -0.2) is 0 Å². The molecule has 0 aromatic carbocycles. The van der Waals surface area contributed by atoms with Gasteiger partial charge in [-0.15, -0.1) is 11.6 Å². The maximum Gasteiger partial charge on any atom is 0.406 e. The predicted octanol–water partition coefficient (Wildman–Crippen LogP) is 2.80. The summed E-state index contributed by atoms with van der Waals surface area (Å²) < 4.78 is 36.4. The van der Waals surface area contributed by atoms with Crippen molar-refractivity contribution in [2.24, 2.45) is 0 Å². The van der Waals surface area contributed by atoms with E-state index in [2.05, 4.69) is 0 Å². The van der Waals surface area contributed by atoms with Gasteiger partial charge in [-0.05, 0) is 13.3 Å². The highest BCUT2D eigenvalue weighted by molar-refractivity contribution is 6.30. The monoisotopic (exact) mass is 245 g/mol. The molecule has 1 unspecified atom stereocenters. The summed E-state index contributed by atoms with van der Waals surface area (Å²) in [6.07, 6.45) is -3.08. The molecule has 0 aliphatic heterocycles. The van der Waals surface area contributed by atoms with Gasteiger partial charge < -0.3 is 4.90 Å². The molecule has 0 aromatic heterocycles. The summed E-state index contributed by atoms with van der Waals surface area (Å²) in [4.78, 5) is 12.1. The summed E-state index contributed by atoms with van der Waals surface area (Å²) >= 11 is 5.47. The summed E-state index contributed by atoms with van der Waals surface area (Å²) in [6.45, 7) is 2.11. The van der Waals surface area contributed by atoms with Gasteiger partial charge in [0, 0.05) is 6.54 Å². The highest BCUT2D eigenvalue weighted by Gasteiger charge is 2.33. The van der Waals surface area contributed by atoms with Crippen LogP contribution in [0.1, 0.15) is 26.7 Å². The third-order valence-electron chi connectivity index (χ3n) is 1.80. The average Bonchev–Trinajstić information content (AvgIpc) is 2.09. The Hall–Kier alpha value is -0.450. The Morgan fingerprint density at radius 2 is 2.00 bits per heavy atom. The van der Waals surface area contributed by atoms with E-state index in [1.165, 1.54) is 6.92 Å². The van der Waals surface area contributed by atoms with Crippen molar-refractivity contribution in [1.82, 2.24) is 4.90 Å². The van der Waals surface area contributed by atoms with Crippen LogP contribution in [0.2, 0.25) is 0 Å². The minimum Gasteiger partial charge on any atom is -0.332 e. The van der Waals surface area contributed by atoms with Gasteiger partial charge in [0.05, 0.1) is 0 Å². The molecular weight excluding hydrogens is 231 g/mol. The number of unbranched alkanes of at least 4 members (excludes halogenated alkanes) is 1. The Balaban J connectivity index is 4.37. The molecule has 6 heteroatoms. The quantitative estimate of drug-likeness (QED) is 0.682. The number of carbonyl (C=O) groups excluding carboxylic acids is 1. The molecule has 0 saturated heterocycles. The first-order chi connectivity index (χ1) is 6.78. The van der Waals surface area contributed by atoms with E-state index < -0.39 is 24.0 Å². The molecule has 90 valence electrons. The fourth-order valence-electron chi connectivity index (χ4n) is 1.08. The van der Waals surface area contributed by atoms with Crippen molar-refractivity contribution in [3.8, 4) is 0 Å². The highest BCUT2D eigenvalue weighted by Crippen LogP contribution is 2.18. The van der Waals surface area contributed by atoms with Gasteiger partial charge in [0.2, 0.25) is 5.91 Å². The molecule has 2 nitrogen and oxygen atoms in total. The summed E-state index contributed by atoms with van der Waals surface area (Å²) in [7, 11) is 0. The van der Waals surface area contributed by atoms with Crippen molar-refractivity contribution in [1.29, 1.82) is 0 Å². The SMILES string of the molecule is CCCCN(CC(F)(F)F)C(=O)C(C)Cl. The first kappa shape index (κ1) is 14.6. The molecule has 0 radical (unpaired) electrons. The molecule has 0 aliphatic rings. The molecule has 0 N–H and O–H groups in total. The lowest BCUT2D eigenvalue weighted by molar-refractivity contribution is -0.160. The van der Waals surface area contributed by atoms with Gasteiger partial charge in [0.25, 0.3) is 0 Å². The second-order valence-electron chi connectivity index (χ2n) is 3.34. The molecule has 0 aromatic rings. The van der Waals surface area contributed by atoms with Crippen molar-refractivity contribution in [3.63, 3.8) is 0 Å². The number of nitrogens with zero attached hydrogens (tertiary/aromatic N) is 1. The van der Waals surface area contributed by atoms with Crippen LogP contribution in [-0.2, 0) is 4.79 Å². The zero-order chi connectivity index (χ0) is 12.1. The fraction of sp³-hybridized carbons (Fsp3) is 0.889. The maximum absolute atomic E-state index is 12.1. The second kappa shape index (κ2) is 6.20. The lowest BCUT2D eigenvalue weighted by atomic mass is 10.3. The van der Waals surface area contributed by atoms with E-state index in [-0.39, 0.29) is 6.54 Å². The van der Waals surface area contributed by atoms with Crippen molar-refractivity contribution in [3.05, 3.63) is 0 Å². The van der Waals surface area contributed by atoms with Crippen LogP contribution in [0.4, 0.5) is 13.2 Å².